The van der Waals surface area contributed by atoms with Crippen LogP contribution in [-0.4, -0.2) is 17.8 Å². The molecule has 0 aliphatic rings. The molecule has 0 unspecified atom stereocenters. The predicted octanol–water partition coefficient (Wildman–Crippen LogP) is 6.02. The fourth-order valence-corrected chi connectivity index (χ4v) is 3.34. The molecule has 1 amide bonds. The van der Waals surface area contributed by atoms with Crippen molar-refractivity contribution in [3.63, 3.8) is 0 Å². The summed E-state index contributed by atoms with van der Waals surface area (Å²) in [7, 11) is 0. The molecule has 0 aromatic heterocycles. The molecule has 2 N–H and O–H groups in total. The van der Waals surface area contributed by atoms with Crippen molar-refractivity contribution < 1.29 is 9.53 Å². The maximum atomic E-state index is 11.6. The van der Waals surface area contributed by atoms with Gasteiger partial charge in [0.05, 0.1) is 6.61 Å². The maximum Gasteiger partial charge on any atom is 0.248 e. The van der Waals surface area contributed by atoms with Gasteiger partial charge in [0.15, 0.2) is 0 Å². The van der Waals surface area contributed by atoms with Crippen LogP contribution < -0.4 is 10.5 Å². The molecular weight excluding hydrogens is 378 g/mol. The number of carbonyl (C=O) groups excluding carboxylic acids is 1. The zero-order valence-corrected chi connectivity index (χ0v) is 17.3. The smallest absolute Gasteiger partial charge is 0.248 e. The first-order valence-corrected chi connectivity index (χ1v) is 10.9. The minimum absolute atomic E-state index is 0.353. The number of alkyl halides is 1. The summed E-state index contributed by atoms with van der Waals surface area (Å²) in [6.45, 7) is 2.99. The molecule has 0 aliphatic carbocycles. The number of hydrogen-bond acceptors (Lipinski definition) is 2. The lowest BCUT2D eigenvalue weighted by molar-refractivity contribution is 0.0999. The number of ether oxygens (including phenoxy) is 1. The summed E-state index contributed by atoms with van der Waals surface area (Å²) < 4.78 is 5.88. The highest BCUT2D eigenvalue weighted by Gasteiger charge is 2.09. The van der Waals surface area contributed by atoms with Crippen LogP contribution in [0.25, 0.3) is 0 Å². The predicted molar refractivity (Wildman–Crippen MR) is 110 cm³/mol. The van der Waals surface area contributed by atoms with Gasteiger partial charge in [-0.05, 0) is 49.4 Å². The van der Waals surface area contributed by atoms with E-state index in [4.69, 9.17) is 10.5 Å². The van der Waals surface area contributed by atoms with Gasteiger partial charge in [0, 0.05) is 10.9 Å². The van der Waals surface area contributed by atoms with Gasteiger partial charge in [-0.1, -0.05) is 67.8 Å². The Bertz CT molecular complexity index is 491. The molecule has 142 valence electrons. The van der Waals surface area contributed by atoms with Crippen molar-refractivity contribution >= 4 is 21.8 Å². The van der Waals surface area contributed by atoms with Crippen molar-refractivity contribution in [2.24, 2.45) is 5.73 Å². The lowest BCUT2D eigenvalue weighted by Crippen LogP contribution is -2.14. The Morgan fingerprint density at radius 1 is 1.00 bits per heavy atom. The van der Waals surface area contributed by atoms with E-state index in [9.17, 15) is 4.79 Å². The van der Waals surface area contributed by atoms with Crippen LogP contribution in [-0.2, 0) is 6.42 Å². The molecule has 3 nitrogen and oxygen atoms in total. The average molecular weight is 412 g/mol. The lowest BCUT2D eigenvalue weighted by Gasteiger charge is -2.11. The first kappa shape index (κ1) is 22.0. The molecule has 1 rings (SSSR count). The van der Waals surface area contributed by atoms with E-state index in [2.05, 4.69) is 22.9 Å². The largest absolute Gasteiger partial charge is 0.494 e. The molecule has 1 aromatic rings. The van der Waals surface area contributed by atoms with E-state index in [1.54, 1.807) is 0 Å². The Morgan fingerprint density at radius 2 is 1.68 bits per heavy atom. The number of primary amides is 1. The highest BCUT2D eigenvalue weighted by Crippen LogP contribution is 2.21. The summed E-state index contributed by atoms with van der Waals surface area (Å²) in [5, 5.41) is 1.03. The summed E-state index contributed by atoms with van der Waals surface area (Å²) in [6.07, 6.45) is 13.2. The number of rotatable bonds is 15. The Morgan fingerprint density at radius 3 is 2.36 bits per heavy atom. The summed E-state index contributed by atoms with van der Waals surface area (Å²) in [6, 6.07) is 5.67. The number of benzene rings is 1. The molecule has 1 aromatic carbocycles. The number of carbonyl (C=O) groups is 1. The molecule has 0 saturated carbocycles. The number of hydrogen-bond donors (Lipinski definition) is 1. The van der Waals surface area contributed by atoms with Gasteiger partial charge in [0.25, 0.3) is 0 Å². The molecule has 0 saturated heterocycles. The second-order valence-corrected chi connectivity index (χ2v) is 7.45. The minimum Gasteiger partial charge on any atom is -0.494 e. The quantitative estimate of drug-likeness (QED) is 0.283. The molecule has 0 radical (unpaired) electrons. The van der Waals surface area contributed by atoms with E-state index >= 15 is 0 Å². The van der Waals surface area contributed by atoms with Gasteiger partial charge in [-0.15, -0.1) is 0 Å². The van der Waals surface area contributed by atoms with Gasteiger partial charge >= 0.3 is 0 Å². The summed E-state index contributed by atoms with van der Waals surface area (Å²) in [5.41, 5.74) is 7.14. The second-order valence-electron chi connectivity index (χ2n) is 6.65. The number of aryl methyl sites for hydroxylation is 1. The van der Waals surface area contributed by atoms with Gasteiger partial charge < -0.3 is 10.5 Å². The zero-order chi connectivity index (χ0) is 18.3. The van der Waals surface area contributed by atoms with Crippen LogP contribution in [0.2, 0.25) is 0 Å². The van der Waals surface area contributed by atoms with E-state index in [0.717, 1.165) is 55.4 Å². The average Bonchev–Trinajstić information content (AvgIpc) is 2.61. The highest BCUT2D eigenvalue weighted by molar-refractivity contribution is 9.09. The van der Waals surface area contributed by atoms with Gasteiger partial charge in [-0.3, -0.25) is 4.79 Å². The van der Waals surface area contributed by atoms with E-state index < -0.39 is 0 Å². The zero-order valence-electron chi connectivity index (χ0n) is 15.7. The van der Waals surface area contributed by atoms with Crippen LogP contribution in [0.5, 0.6) is 5.75 Å². The molecule has 0 bridgehead atoms. The Hall–Kier alpha value is -1.03. The molecule has 0 aliphatic heterocycles. The van der Waals surface area contributed by atoms with Crippen molar-refractivity contribution in [1.82, 2.24) is 0 Å². The molecule has 0 heterocycles. The molecule has 25 heavy (non-hydrogen) atoms. The molecule has 0 fully saturated rings. The van der Waals surface area contributed by atoms with Gasteiger partial charge in [0.2, 0.25) is 5.91 Å². The third-order valence-corrected chi connectivity index (χ3v) is 5.00. The fourth-order valence-electron chi connectivity index (χ4n) is 2.94. The highest BCUT2D eigenvalue weighted by atomic mass is 79.9. The van der Waals surface area contributed by atoms with Crippen molar-refractivity contribution in [2.75, 3.05) is 11.9 Å². The van der Waals surface area contributed by atoms with Crippen LogP contribution in [0.4, 0.5) is 0 Å². The monoisotopic (exact) mass is 411 g/mol. The van der Waals surface area contributed by atoms with Crippen LogP contribution in [0.3, 0.4) is 0 Å². The molecular formula is C21H34BrNO2. The normalized spacial score (nSPS) is 10.8. The first-order valence-electron chi connectivity index (χ1n) is 9.80. The number of nitrogens with two attached hydrogens (primary N) is 1. The number of halogens is 1. The Kier molecular flexibility index (Phi) is 12.5. The van der Waals surface area contributed by atoms with Crippen molar-refractivity contribution in [1.29, 1.82) is 0 Å². The standard InChI is InChI=1S/C21H34BrNO2/c1-2-3-4-5-6-7-11-16-25-19-13-14-20(21(23)24)18(17-19)12-9-8-10-15-22/h13-14,17H,2-12,15-16H2,1H3,(H2,23,24). The summed E-state index contributed by atoms with van der Waals surface area (Å²) >= 11 is 3.45. The number of amides is 1. The van der Waals surface area contributed by atoms with Gasteiger partial charge in [-0.25, -0.2) is 0 Å². The summed E-state index contributed by atoms with van der Waals surface area (Å²) in [5.74, 6) is 0.501. The van der Waals surface area contributed by atoms with Crippen LogP contribution in [0, 0.1) is 0 Å². The third-order valence-electron chi connectivity index (χ3n) is 4.44. The topological polar surface area (TPSA) is 52.3 Å². The van der Waals surface area contributed by atoms with Crippen LogP contribution in [0.15, 0.2) is 18.2 Å². The van der Waals surface area contributed by atoms with Gasteiger partial charge in [-0.2, -0.15) is 0 Å². The second kappa shape index (κ2) is 14.2. The van der Waals surface area contributed by atoms with E-state index in [1.165, 1.54) is 38.5 Å². The van der Waals surface area contributed by atoms with Crippen LogP contribution >= 0.6 is 15.9 Å². The number of unbranched alkanes of at least 4 members (excludes halogenated alkanes) is 8. The van der Waals surface area contributed by atoms with E-state index in [1.807, 2.05) is 18.2 Å². The minimum atomic E-state index is -0.353. The first-order chi connectivity index (χ1) is 12.2. The Labute approximate surface area is 161 Å². The fraction of sp³-hybridized carbons (Fsp3) is 0.667. The molecule has 0 atom stereocenters. The molecule has 0 spiro atoms. The van der Waals surface area contributed by atoms with E-state index in [0.29, 0.717) is 5.56 Å². The lowest BCUT2D eigenvalue weighted by atomic mass is 10.0. The van der Waals surface area contributed by atoms with Crippen molar-refractivity contribution in [3.05, 3.63) is 29.3 Å². The Balaban J connectivity index is 2.39. The van der Waals surface area contributed by atoms with Crippen molar-refractivity contribution in [3.8, 4) is 5.75 Å². The van der Waals surface area contributed by atoms with E-state index in [-0.39, 0.29) is 5.91 Å². The van der Waals surface area contributed by atoms with Gasteiger partial charge in [0.1, 0.15) is 5.75 Å². The third kappa shape index (κ3) is 9.88. The summed E-state index contributed by atoms with van der Waals surface area (Å²) in [4.78, 5) is 11.6. The van der Waals surface area contributed by atoms with Crippen molar-refractivity contribution in [2.45, 2.75) is 77.6 Å². The maximum absolute atomic E-state index is 11.6. The molecule has 4 heteroatoms. The van der Waals surface area contributed by atoms with Crippen LogP contribution in [0.1, 0.15) is 87.1 Å². The SMILES string of the molecule is CCCCCCCCCOc1ccc(C(N)=O)c(CCCCCBr)c1.